The van der Waals surface area contributed by atoms with E-state index in [1.165, 1.54) is 25.7 Å². The standard InChI is InChI=1S/C13H19N3O/c1-8(12-14-6-7-15-12)16-13(17)11-9-4-2-3-5-10(9)11/h6-11H,2-5H2,1H3,(H,14,15)(H,16,17). The minimum absolute atomic E-state index is 0.0137. The van der Waals surface area contributed by atoms with Crippen molar-refractivity contribution >= 4 is 5.91 Å². The van der Waals surface area contributed by atoms with E-state index in [0.717, 1.165) is 5.82 Å². The lowest BCUT2D eigenvalue weighted by molar-refractivity contribution is -0.123. The summed E-state index contributed by atoms with van der Waals surface area (Å²) in [6, 6.07) is -0.0137. The number of amides is 1. The van der Waals surface area contributed by atoms with Crippen molar-refractivity contribution in [3.8, 4) is 0 Å². The van der Waals surface area contributed by atoms with Crippen LogP contribution in [0.15, 0.2) is 12.4 Å². The highest BCUT2D eigenvalue weighted by Gasteiger charge is 2.54. The number of nitrogens with one attached hydrogen (secondary N) is 2. The van der Waals surface area contributed by atoms with Crippen LogP contribution in [0.1, 0.15) is 44.5 Å². The fourth-order valence-corrected chi connectivity index (χ4v) is 3.27. The highest BCUT2D eigenvalue weighted by molar-refractivity contribution is 5.82. The van der Waals surface area contributed by atoms with Gasteiger partial charge in [-0.1, -0.05) is 12.8 Å². The van der Waals surface area contributed by atoms with Gasteiger partial charge in [-0.05, 0) is 31.6 Å². The Hall–Kier alpha value is -1.32. The summed E-state index contributed by atoms with van der Waals surface area (Å²) in [6.45, 7) is 1.97. The molecule has 2 saturated carbocycles. The molecule has 1 aromatic heterocycles. The number of aromatic amines is 1. The summed E-state index contributed by atoms with van der Waals surface area (Å²) >= 11 is 0. The maximum atomic E-state index is 12.1. The van der Waals surface area contributed by atoms with E-state index in [4.69, 9.17) is 0 Å². The molecule has 0 aromatic carbocycles. The highest BCUT2D eigenvalue weighted by atomic mass is 16.2. The summed E-state index contributed by atoms with van der Waals surface area (Å²) < 4.78 is 0. The first-order chi connectivity index (χ1) is 8.27. The van der Waals surface area contributed by atoms with Crippen molar-refractivity contribution in [1.29, 1.82) is 0 Å². The van der Waals surface area contributed by atoms with Gasteiger partial charge >= 0.3 is 0 Å². The van der Waals surface area contributed by atoms with Crippen molar-refractivity contribution in [3.63, 3.8) is 0 Å². The second-order valence-corrected chi connectivity index (χ2v) is 5.34. The molecule has 92 valence electrons. The maximum Gasteiger partial charge on any atom is 0.224 e. The molecule has 1 amide bonds. The summed E-state index contributed by atoms with van der Waals surface area (Å²) in [5.74, 6) is 2.70. The third-order valence-corrected chi connectivity index (χ3v) is 4.25. The van der Waals surface area contributed by atoms with Crippen molar-refractivity contribution in [2.75, 3.05) is 0 Å². The van der Waals surface area contributed by atoms with Crippen LogP contribution in [0.4, 0.5) is 0 Å². The van der Waals surface area contributed by atoms with Gasteiger partial charge in [0.25, 0.3) is 0 Å². The van der Waals surface area contributed by atoms with E-state index >= 15 is 0 Å². The lowest BCUT2D eigenvalue weighted by atomic mass is 10.0. The third kappa shape index (κ3) is 1.96. The average molecular weight is 233 g/mol. The van der Waals surface area contributed by atoms with Gasteiger partial charge in [-0.2, -0.15) is 0 Å². The van der Waals surface area contributed by atoms with Gasteiger partial charge in [0.15, 0.2) is 0 Å². The van der Waals surface area contributed by atoms with Crippen LogP contribution in [0.5, 0.6) is 0 Å². The second-order valence-electron chi connectivity index (χ2n) is 5.34. The van der Waals surface area contributed by atoms with Gasteiger partial charge in [0.1, 0.15) is 5.82 Å². The molecule has 0 saturated heterocycles. The molecule has 3 unspecified atom stereocenters. The zero-order valence-corrected chi connectivity index (χ0v) is 10.1. The van der Waals surface area contributed by atoms with Crippen LogP contribution in [-0.2, 0) is 4.79 Å². The maximum absolute atomic E-state index is 12.1. The molecule has 4 heteroatoms. The van der Waals surface area contributed by atoms with Crippen LogP contribution < -0.4 is 5.32 Å². The Morgan fingerprint density at radius 1 is 1.47 bits per heavy atom. The number of aromatic nitrogens is 2. The Bertz CT molecular complexity index is 389. The van der Waals surface area contributed by atoms with Crippen molar-refractivity contribution in [3.05, 3.63) is 18.2 Å². The van der Waals surface area contributed by atoms with Crippen LogP contribution in [0.25, 0.3) is 0 Å². The number of hydrogen-bond donors (Lipinski definition) is 2. The Kier molecular flexibility index (Phi) is 2.65. The Balaban J connectivity index is 1.57. The van der Waals surface area contributed by atoms with Gasteiger partial charge < -0.3 is 10.3 Å². The molecule has 0 bridgehead atoms. The van der Waals surface area contributed by atoms with Crippen molar-refractivity contribution < 1.29 is 4.79 Å². The Labute approximate surface area is 101 Å². The van der Waals surface area contributed by atoms with Gasteiger partial charge in [-0.15, -0.1) is 0 Å². The number of carbonyl (C=O) groups is 1. The zero-order valence-electron chi connectivity index (χ0n) is 10.1. The predicted molar refractivity (Wildman–Crippen MR) is 64.1 cm³/mol. The normalized spacial score (nSPS) is 32.6. The summed E-state index contributed by atoms with van der Waals surface area (Å²) in [4.78, 5) is 19.3. The van der Waals surface area contributed by atoms with Crippen LogP contribution in [0.2, 0.25) is 0 Å². The lowest BCUT2D eigenvalue weighted by Gasteiger charge is -2.11. The molecule has 1 aromatic rings. The largest absolute Gasteiger partial charge is 0.347 e. The van der Waals surface area contributed by atoms with Crippen LogP contribution in [-0.4, -0.2) is 15.9 Å². The fraction of sp³-hybridized carbons (Fsp3) is 0.692. The first-order valence-corrected chi connectivity index (χ1v) is 6.57. The number of fused-ring (bicyclic) bond motifs is 1. The molecule has 17 heavy (non-hydrogen) atoms. The first-order valence-electron chi connectivity index (χ1n) is 6.57. The van der Waals surface area contributed by atoms with E-state index in [2.05, 4.69) is 15.3 Å². The highest BCUT2D eigenvalue weighted by Crippen LogP contribution is 2.55. The van der Waals surface area contributed by atoms with Crippen LogP contribution in [0.3, 0.4) is 0 Å². The zero-order chi connectivity index (χ0) is 11.8. The third-order valence-electron chi connectivity index (χ3n) is 4.25. The molecule has 4 nitrogen and oxygen atoms in total. The smallest absolute Gasteiger partial charge is 0.224 e. The molecule has 2 N–H and O–H groups in total. The number of hydrogen-bond acceptors (Lipinski definition) is 2. The Morgan fingerprint density at radius 2 is 2.18 bits per heavy atom. The molecule has 0 spiro atoms. The van der Waals surface area contributed by atoms with E-state index < -0.39 is 0 Å². The summed E-state index contributed by atoms with van der Waals surface area (Å²) in [5, 5.41) is 3.07. The monoisotopic (exact) mass is 233 g/mol. The molecular formula is C13H19N3O. The second kappa shape index (κ2) is 4.17. The minimum atomic E-state index is -0.0137. The van der Waals surface area contributed by atoms with Gasteiger partial charge in [0, 0.05) is 18.3 Å². The molecular weight excluding hydrogens is 214 g/mol. The minimum Gasteiger partial charge on any atom is -0.347 e. The van der Waals surface area contributed by atoms with Crippen molar-refractivity contribution in [2.45, 2.75) is 38.6 Å². The number of H-pyrrole nitrogens is 1. The van der Waals surface area contributed by atoms with Gasteiger partial charge in [0.05, 0.1) is 6.04 Å². The Morgan fingerprint density at radius 3 is 2.76 bits per heavy atom. The molecule has 0 radical (unpaired) electrons. The van der Waals surface area contributed by atoms with E-state index in [9.17, 15) is 4.79 Å². The molecule has 2 aliphatic carbocycles. The first kappa shape index (κ1) is 10.8. The molecule has 3 atom stereocenters. The number of rotatable bonds is 3. The van der Waals surface area contributed by atoms with Crippen LogP contribution in [0, 0.1) is 17.8 Å². The number of nitrogens with zero attached hydrogens (tertiary/aromatic N) is 1. The average Bonchev–Trinajstić information content (AvgIpc) is 2.80. The van der Waals surface area contributed by atoms with E-state index in [0.29, 0.717) is 11.8 Å². The number of imidazole rings is 1. The van der Waals surface area contributed by atoms with Gasteiger partial charge in [-0.25, -0.2) is 4.98 Å². The van der Waals surface area contributed by atoms with Crippen LogP contribution >= 0.6 is 0 Å². The fourth-order valence-electron chi connectivity index (χ4n) is 3.27. The summed E-state index contributed by atoms with van der Waals surface area (Å²) in [7, 11) is 0. The summed E-state index contributed by atoms with van der Waals surface area (Å²) in [5.41, 5.74) is 0. The van der Waals surface area contributed by atoms with E-state index in [1.807, 2.05) is 6.92 Å². The topological polar surface area (TPSA) is 57.8 Å². The lowest BCUT2D eigenvalue weighted by Crippen LogP contribution is -2.29. The van der Waals surface area contributed by atoms with Gasteiger partial charge in [0.2, 0.25) is 5.91 Å². The molecule has 3 rings (SSSR count). The molecule has 1 heterocycles. The molecule has 0 aliphatic heterocycles. The van der Waals surface area contributed by atoms with Crippen molar-refractivity contribution in [1.82, 2.24) is 15.3 Å². The SMILES string of the molecule is CC(NC(=O)C1C2CCCCC21)c1ncc[nH]1. The van der Waals surface area contributed by atoms with E-state index in [1.54, 1.807) is 12.4 Å². The van der Waals surface area contributed by atoms with E-state index in [-0.39, 0.29) is 17.9 Å². The van der Waals surface area contributed by atoms with Gasteiger partial charge in [-0.3, -0.25) is 4.79 Å². The summed E-state index contributed by atoms with van der Waals surface area (Å²) in [6.07, 6.45) is 8.61. The molecule has 2 fully saturated rings. The predicted octanol–water partition coefficient (Wildman–Crippen LogP) is 2.02. The number of carbonyl (C=O) groups excluding carboxylic acids is 1. The quantitative estimate of drug-likeness (QED) is 0.839. The van der Waals surface area contributed by atoms with Crippen molar-refractivity contribution in [2.24, 2.45) is 17.8 Å². The molecule has 2 aliphatic rings.